The molecule has 7 heteroatoms. The maximum absolute atomic E-state index is 14.2. The molecule has 0 saturated heterocycles. The molecule has 0 aliphatic carbocycles. The van der Waals surface area contributed by atoms with Gasteiger partial charge in [-0.2, -0.15) is 9.57 Å². The zero-order chi connectivity index (χ0) is 19.6. The molecule has 1 heterocycles. The molecule has 0 N–H and O–H groups in total. The van der Waals surface area contributed by atoms with Gasteiger partial charge in [0.1, 0.15) is 5.82 Å². The van der Waals surface area contributed by atoms with E-state index in [1.807, 2.05) is 24.8 Å². The van der Waals surface area contributed by atoms with Crippen molar-refractivity contribution in [2.75, 3.05) is 24.5 Å². The van der Waals surface area contributed by atoms with Crippen molar-refractivity contribution >= 4 is 15.7 Å². The highest BCUT2D eigenvalue weighted by atomic mass is 32.2. The molecular weight excluding hydrogens is 365 g/mol. The van der Waals surface area contributed by atoms with Crippen LogP contribution in [0, 0.1) is 17.1 Å². The Kier molecular flexibility index (Phi) is 5.49. The molecule has 0 saturated carbocycles. The van der Waals surface area contributed by atoms with E-state index in [1.54, 1.807) is 30.3 Å². The van der Waals surface area contributed by atoms with Gasteiger partial charge in [-0.15, -0.1) is 0 Å². The van der Waals surface area contributed by atoms with E-state index >= 15 is 0 Å². The molecule has 0 aromatic heterocycles. The molecule has 0 radical (unpaired) electrons. The van der Waals surface area contributed by atoms with Gasteiger partial charge in [-0.25, -0.2) is 12.8 Å². The predicted molar refractivity (Wildman–Crippen MR) is 102 cm³/mol. The molecule has 3 rings (SSSR count). The quantitative estimate of drug-likeness (QED) is 0.763. The third kappa shape index (κ3) is 3.68. The van der Waals surface area contributed by atoms with Crippen molar-refractivity contribution in [3.05, 3.63) is 58.9 Å². The number of fused-ring (bicyclic) bond motifs is 1. The lowest BCUT2D eigenvalue weighted by Crippen LogP contribution is -2.30. The van der Waals surface area contributed by atoms with Gasteiger partial charge in [-0.1, -0.05) is 19.9 Å². The van der Waals surface area contributed by atoms with E-state index in [4.69, 9.17) is 5.26 Å². The summed E-state index contributed by atoms with van der Waals surface area (Å²) in [6, 6.07) is 11.6. The fourth-order valence-corrected chi connectivity index (χ4v) is 4.94. The first-order valence-electron chi connectivity index (χ1n) is 8.97. The van der Waals surface area contributed by atoms with Gasteiger partial charge in [0.05, 0.1) is 16.5 Å². The van der Waals surface area contributed by atoms with Gasteiger partial charge in [-0.3, -0.25) is 0 Å². The van der Waals surface area contributed by atoms with Crippen molar-refractivity contribution in [3.63, 3.8) is 0 Å². The van der Waals surface area contributed by atoms with E-state index in [1.165, 1.54) is 10.4 Å². The van der Waals surface area contributed by atoms with Crippen LogP contribution in [0.5, 0.6) is 0 Å². The van der Waals surface area contributed by atoms with Gasteiger partial charge in [0.2, 0.25) is 10.0 Å². The Hall–Kier alpha value is -2.43. The third-order valence-electron chi connectivity index (χ3n) is 4.93. The van der Waals surface area contributed by atoms with Crippen molar-refractivity contribution in [1.29, 1.82) is 5.26 Å². The van der Waals surface area contributed by atoms with Gasteiger partial charge < -0.3 is 4.90 Å². The van der Waals surface area contributed by atoms with E-state index in [0.717, 1.165) is 17.7 Å². The van der Waals surface area contributed by atoms with Gasteiger partial charge >= 0.3 is 0 Å². The highest BCUT2D eigenvalue weighted by molar-refractivity contribution is 7.89. The molecule has 0 atom stereocenters. The number of hydrogen-bond acceptors (Lipinski definition) is 4. The second-order valence-corrected chi connectivity index (χ2v) is 8.41. The zero-order valence-electron chi connectivity index (χ0n) is 15.4. The Morgan fingerprint density at radius 1 is 1.19 bits per heavy atom. The minimum atomic E-state index is -3.49. The summed E-state index contributed by atoms with van der Waals surface area (Å²) in [6.45, 7) is 5.58. The molecule has 0 unspecified atom stereocenters. The minimum absolute atomic E-state index is 0.296. The molecule has 0 fully saturated rings. The highest BCUT2D eigenvalue weighted by Crippen LogP contribution is 2.32. The molecule has 1 aliphatic rings. The fraction of sp³-hybridized carbons (Fsp3) is 0.350. The average Bonchev–Trinajstić information content (AvgIpc) is 3.06. The van der Waals surface area contributed by atoms with Crippen molar-refractivity contribution in [2.45, 2.75) is 31.7 Å². The van der Waals surface area contributed by atoms with Crippen molar-refractivity contribution < 1.29 is 12.8 Å². The van der Waals surface area contributed by atoms with Crippen LogP contribution in [0.1, 0.15) is 30.5 Å². The Bertz CT molecular complexity index is 995. The summed E-state index contributed by atoms with van der Waals surface area (Å²) in [7, 11) is -3.49. The normalized spacial score (nSPS) is 13.7. The molecule has 27 heavy (non-hydrogen) atoms. The Morgan fingerprint density at radius 3 is 2.56 bits per heavy atom. The summed E-state index contributed by atoms with van der Waals surface area (Å²) < 4.78 is 41.0. The van der Waals surface area contributed by atoms with Crippen molar-refractivity contribution in [2.24, 2.45) is 0 Å². The number of anilines is 1. The van der Waals surface area contributed by atoms with Crippen LogP contribution in [0.15, 0.2) is 41.3 Å². The summed E-state index contributed by atoms with van der Waals surface area (Å²) in [5.74, 6) is -0.400. The van der Waals surface area contributed by atoms with Crippen LogP contribution in [0.3, 0.4) is 0 Å². The number of nitrogens with zero attached hydrogens (tertiary/aromatic N) is 3. The largest absolute Gasteiger partial charge is 0.367 e. The maximum atomic E-state index is 14.2. The van der Waals surface area contributed by atoms with Gasteiger partial charge in [0.25, 0.3) is 0 Å². The van der Waals surface area contributed by atoms with Crippen molar-refractivity contribution in [3.8, 4) is 6.07 Å². The number of halogens is 1. The smallest absolute Gasteiger partial charge is 0.243 e. The molecule has 0 bridgehead atoms. The van der Waals surface area contributed by atoms with Crippen LogP contribution in [0.25, 0.3) is 0 Å². The molecule has 0 amide bonds. The number of nitriles is 1. The third-order valence-corrected chi connectivity index (χ3v) is 6.98. The summed E-state index contributed by atoms with van der Waals surface area (Å²) >= 11 is 0. The first kappa shape index (κ1) is 19.3. The molecule has 2 aromatic rings. The van der Waals surface area contributed by atoms with Gasteiger partial charge in [-0.05, 0) is 42.3 Å². The number of sulfonamides is 1. The van der Waals surface area contributed by atoms with Crippen LogP contribution >= 0.6 is 0 Å². The lowest BCUT2D eigenvalue weighted by atomic mass is 10.1. The van der Waals surface area contributed by atoms with Crippen molar-refractivity contribution in [1.82, 2.24) is 4.31 Å². The predicted octanol–water partition coefficient (Wildman–Crippen LogP) is 3.29. The molecule has 0 spiro atoms. The lowest BCUT2D eigenvalue weighted by molar-refractivity contribution is 0.445. The topological polar surface area (TPSA) is 64.4 Å². The molecule has 142 valence electrons. The standard InChI is InChI=1S/C20H22FN3O2S/c1-3-24(4-2)27(25,26)18-7-8-20-16(12-18)9-10-23(20)14-17-6-5-15(13-22)11-19(17)21/h5-8,11-12H,3-4,9-10,14H2,1-2H3. The summed E-state index contributed by atoms with van der Waals surface area (Å²) in [5, 5.41) is 8.85. The highest BCUT2D eigenvalue weighted by Gasteiger charge is 2.26. The average molecular weight is 387 g/mol. The lowest BCUT2D eigenvalue weighted by Gasteiger charge is -2.21. The summed E-state index contributed by atoms with van der Waals surface area (Å²) in [5.41, 5.74) is 2.69. The molecule has 1 aliphatic heterocycles. The van der Waals surface area contributed by atoms with Crippen LogP contribution in [-0.4, -0.2) is 32.4 Å². The Labute approximate surface area is 159 Å². The van der Waals surface area contributed by atoms with Crippen LogP contribution in [0.4, 0.5) is 10.1 Å². The first-order valence-corrected chi connectivity index (χ1v) is 10.4. The minimum Gasteiger partial charge on any atom is -0.367 e. The molecule has 2 aromatic carbocycles. The number of hydrogen-bond donors (Lipinski definition) is 0. The fourth-order valence-electron chi connectivity index (χ4n) is 3.43. The van der Waals surface area contributed by atoms with E-state index in [-0.39, 0.29) is 0 Å². The van der Waals surface area contributed by atoms with E-state index in [9.17, 15) is 12.8 Å². The number of rotatable bonds is 6. The maximum Gasteiger partial charge on any atom is 0.243 e. The first-order chi connectivity index (χ1) is 12.9. The zero-order valence-corrected chi connectivity index (χ0v) is 16.3. The summed E-state index contributed by atoms with van der Waals surface area (Å²) in [6.07, 6.45) is 0.717. The van der Waals surface area contributed by atoms with E-state index in [0.29, 0.717) is 42.2 Å². The molecule has 5 nitrogen and oxygen atoms in total. The summed E-state index contributed by atoms with van der Waals surface area (Å²) in [4.78, 5) is 2.34. The van der Waals surface area contributed by atoms with Crippen LogP contribution < -0.4 is 4.90 Å². The van der Waals surface area contributed by atoms with Crippen LogP contribution in [-0.2, 0) is 23.0 Å². The van der Waals surface area contributed by atoms with Gasteiger partial charge in [0.15, 0.2) is 0 Å². The van der Waals surface area contributed by atoms with E-state index < -0.39 is 15.8 Å². The monoisotopic (exact) mass is 387 g/mol. The SMILES string of the molecule is CCN(CC)S(=O)(=O)c1ccc2c(c1)CCN2Cc1ccc(C#N)cc1F. The second-order valence-electron chi connectivity index (χ2n) is 6.47. The van der Waals surface area contributed by atoms with Gasteiger partial charge in [0, 0.05) is 37.4 Å². The Morgan fingerprint density at radius 2 is 1.93 bits per heavy atom. The van der Waals surface area contributed by atoms with E-state index in [2.05, 4.69) is 0 Å². The second kappa shape index (κ2) is 7.67. The Balaban J connectivity index is 1.86. The number of benzene rings is 2. The molecular formula is C20H22FN3O2S. The van der Waals surface area contributed by atoms with Crippen LogP contribution in [0.2, 0.25) is 0 Å².